The third-order valence-corrected chi connectivity index (χ3v) is 8.82. The summed E-state index contributed by atoms with van der Waals surface area (Å²) in [6.45, 7) is 15.1. The van der Waals surface area contributed by atoms with Crippen LogP contribution in [0.5, 0.6) is 0 Å². The van der Waals surface area contributed by atoms with Crippen LogP contribution in [0, 0.1) is 12.8 Å². The lowest BCUT2D eigenvalue weighted by molar-refractivity contribution is 0.212. The van der Waals surface area contributed by atoms with Gasteiger partial charge in [-0.15, -0.1) is 0 Å². The molecule has 2 aromatic carbocycles. The van der Waals surface area contributed by atoms with Gasteiger partial charge in [0.1, 0.15) is 5.82 Å². The Balaban J connectivity index is 1.77. The van der Waals surface area contributed by atoms with Crippen LogP contribution in [-0.2, 0) is 25.8 Å². The summed E-state index contributed by atoms with van der Waals surface area (Å²) in [7, 11) is 4.33. The van der Waals surface area contributed by atoms with Crippen LogP contribution in [0.2, 0.25) is 0 Å². The quantitative estimate of drug-likeness (QED) is 0.249. The Labute approximate surface area is 243 Å². The van der Waals surface area contributed by atoms with Crippen molar-refractivity contribution in [3.8, 4) is 11.4 Å². The van der Waals surface area contributed by atoms with E-state index in [0.29, 0.717) is 12.0 Å². The average molecular weight is 542 g/mol. The maximum absolute atomic E-state index is 5.43. The molecule has 0 spiro atoms. The van der Waals surface area contributed by atoms with Gasteiger partial charge in [-0.2, -0.15) is 0 Å². The van der Waals surface area contributed by atoms with E-state index in [-0.39, 0.29) is 0 Å². The van der Waals surface area contributed by atoms with Crippen LogP contribution in [0.1, 0.15) is 86.5 Å². The number of rotatable bonds is 13. The first kappa shape index (κ1) is 30.2. The van der Waals surface area contributed by atoms with Gasteiger partial charge in [0.05, 0.1) is 0 Å². The number of benzene rings is 2. The second-order valence-corrected chi connectivity index (χ2v) is 11.6. The molecule has 216 valence electrons. The summed E-state index contributed by atoms with van der Waals surface area (Å²) >= 11 is 0. The second-order valence-electron chi connectivity index (χ2n) is 11.6. The lowest BCUT2D eigenvalue weighted by Gasteiger charge is -2.35. The molecule has 0 bridgehead atoms. The second kappa shape index (κ2) is 14.2. The summed E-state index contributed by atoms with van der Waals surface area (Å²) in [4.78, 5) is 15.7. The highest BCUT2D eigenvalue weighted by atomic mass is 15.2. The molecular weight excluding hydrogens is 490 g/mol. The molecule has 0 saturated heterocycles. The molecule has 0 fully saturated rings. The molecule has 1 aliphatic carbocycles. The minimum Gasteiger partial charge on any atom is -0.356 e. The maximum atomic E-state index is 5.43. The molecular formula is C35H51N5. The summed E-state index contributed by atoms with van der Waals surface area (Å²) < 4.78 is 0. The van der Waals surface area contributed by atoms with Crippen LogP contribution in [0.25, 0.3) is 11.4 Å². The number of nitrogens with zero attached hydrogens (tertiary/aromatic N) is 4. The molecule has 1 heterocycles. The van der Waals surface area contributed by atoms with Crippen molar-refractivity contribution in [3.63, 3.8) is 0 Å². The first-order chi connectivity index (χ1) is 19.4. The summed E-state index contributed by atoms with van der Waals surface area (Å²) in [5, 5.41) is 3.35. The van der Waals surface area contributed by atoms with E-state index in [1.165, 1.54) is 52.6 Å². The van der Waals surface area contributed by atoms with E-state index < -0.39 is 0 Å². The van der Waals surface area contributed by atoms with Gasteiger partial charge in [-0.3, -0.25) is 4.90 Å². The van der Waals surface area contributed by atoms with E-state index in [2.05, 4.69) is 99.2 Å². The SMILES string of the molecule is CCc1cccc(CC)c1-c1nc(C)c(CN(C)C2CCCc3ccccc32)c(N(CC)CCC(C)CNC)n1. The Hall–Kier alpha value is -2.76. The lowest BCUT2D eigenvalue weighted by Crippen LogP contribution is -2.32. The first-order valence-electron chi connectivity index (χ1n) is 15.6. The number of aryl methyl sites for hydroxylation is 4. The van der Waals surface area contributed by atoms with E-state index in [0.717, 1.165) is 62.8 Å². The molecule has 0 saturated carbocycles. The molecule has 2 unspecified atom stereocenters. The Kier molecular flexibility index (Phi) is 10.7. The topological polar surface area (TPSA) is 44.3 Å². The van der Waals surface area contributed by atoms with Crippen molar-refractivity contribution in [3.05, 3.63) is 76.0 Å². The standard InChI is InChI=1S/C35H51N5/c1-8-27-16-13-17-28(9-2)33(27)34-37-26(5)31(35(38-34)40(10-3)22-21-25(4)23-36-6)24-39(7)32-20-14-18-29-15-11-12-19-30(29)32/h11-13,15-17,19,25,32,36H,8-10,14,18,20-24H2,1-7H3. The number of fused-ring (bicyclic) bond motifs is 1. The minimum atomic E-state index is 0.426. The van der Waals surface area contributed by atoms with Gasteiger partial charge in [0.2, 0.25) is 0 Å². The molecule has 5 heteroatoms. The highest BCUT2D eigenvalue weighted by molar-refractivity contribution is 5.68. The van der Waals surface area contributed by atoms with Gasteiger partial charge < -0.3 is 10.2 Å². The van der Waals surface area contributed by atoms with Crippen LogP contribution >= 0.6 is 0 Å². The molecule has 40 heavy (non-hydrogen) atoms. The van der Waals surface area contributed by atoms with Crippen molar-refractivity contribution in [2.24, 2.45) is 5.92 Å². The molecule has 5 nitrogen and oxygen atoms in total. The largest absolute Gasteiger partial charge is 0.356 e. The van der Waals surface area contributed by atoms with E-state index >= 15 is 0 Å². The molecule has 4 rings (SSSR count). The average Bonchev–Trinajstić information content (AvgIpc) is 2.98. The Morgan fingerprint density at radius 3 is 2.40 bits per heavy atom. The predicted octanol–water partition coefficient (Wildman–Crippen LogP) is 7.16. The molecule has 0 radical (unpaired) electrons. The van der Waals surface area contributed by atoms with Gasteiger partial charge in [0, 0.05) is 42.5 Å². The summed E-state index contributed by atoms with van der Waals surface area (Å²) in [5.41, 5.74) is 9.27. The normalized spacial score (nSPS) is 15.8. The molecule has 0 aliphatic heterocycles. The Morgan fingerprint density at radius 1 is 1.00 bits per heavy atom. The van der Waals surface area contributed by atoms with E-state index in [9.17, 15) is 0 Å². The van der Waals surface area contributed by atoms with Crippen LogP contribution in [0.3, 0.4) is 0 Å². The third kappa shape index (κ3) is 6.75. The van der Waals surface area contributed by atoms with E-state index in [4.69, 9.17) is 9.97 Å². The monoisotopic (exact) mass is 541 g/mol. The molecule has 1 aromatic heterocycles. The number of hydrogen-bond acceptors (Lipinski definition) is 5. The zero-order valence-electron chi connectivity index (χ0n) is 26.1. The maximum Gasteiger partial charge on any atom is 0.162 e. The van der Waals surface area contributed by atoms with Gasteiger partial charge in [0.15, 0.2) is 5.82 Å². The van der Waals surface area contributed by atoms with Gasteiger partial charge in [-0.1, -0.05) is 63.2 Å². The molecule has 1 N–H and O–H groups in total. The van der Waals surface area contributed by atoms with Crippen molar-refractivity contribution >= 4 is 5.82 Å². The summed E-state index contributed by atoms with van der Waals surface area (Å²) in [5.74, 6) is 2.61. The number of aromatic nitrogens is 2. The lowest BCUT2D eigenvalue weighted by atomic mass is 9.87. The number of anilines is 1. The van der Waals surface area contributed by atoms with Crippen molar-refractivity contribution in [2.45, 2.75) is 85.7 Å². The van der Waals surface area contributed by atoms with Crippen LogP contribution in [0.4, 0.5) is 5.82 Å². The molecule has 1 aliphatic rings. The predicted molar refractivity (Wildman–Crippen MR) is 170 cm³/mol. The number of hydrogen-bond donors (Lipinski definition) is 1. The smallest absolute Gasteiger partial charge is 0.162 e. The van der Waals surface area contributed by atoms with E-state index in [1.54, 1.807) is 0 Å². The van der Waals surface area contributed by atoms with Gasteiger partial charge >= 0.3 is 0 Å². The first-order valence-corrected chi connectivity index (χ1v) is 15.6. The summed E-state index contributed by atoms with van der Waals surface area (Å²) in [6.07, 6.45) is 6.71. The number of nitrogens with one attached hydrogen (secondary N) is 1. The molecule has 3 aromatic rings. The third-order valence-electron chi connectivity index (χ3n) is 8.82. The zero-order valence-corrected chi connectivity index (χ0v) is 26.1. The van der Waals surface area contributed by atoms with Crippen LogP contribution < -0.4 is 10.2 Å². The van der Waals surface area contributed by atoms with Gasteiger partial charge in [-0.05, 0) is 101 Å². The van der Waals surface area contributed by atoms with Crippen molar-refractivity contribution in [1.29, 1.82) is 0 Å². The molecule has 0 amide bonds. The fourth-order valence-electron chi connectivity index (χ4n) is 6.46. The fraction of sp³-hybridized carbons (Fsp3) is 0.543. The fourth-order valence-corrected chi connectivity index (χ4v) is 6.46. The van der Waals surface area contributed by atoms with Gasteiger partial charge in [0.25, 0.3) is 0 Å². The highest BCUT2D eigenvalue weighted by Crippen LogP contribution is 2.36. The van der Waals surface area contributed by atoms with Gasteiger partial charge in [-0.25, -0.2) is 9.97 Å². The van der Waals surface area contributed by atoms with E-state index in [1.807, 2.05) is 7.05 Å². The van der Waals surface area contributed by atoms with Crippen molar-refractivity contribution in [2.75, 3.05) is 38.6 Å². The Bertz CT molecular complexity index is 1230. The van der Waals surface area contributed by atoms with Crippen LogP contribution in [-0.4, -0.2) is 48.6 Å². The highest BCUT2D eigenvalue weighted by Gasteiger charge is 2.27. The van der Waals surface area contributed by atoms with Crippen molar-refractivity contribution in [1.82, 2.24) is 20.2 Å². The van der Waals surface area contributed by atoms with Crippen molar-refractivity contribution < 1.29 is 0 Å². The minimum absolute atomic E-state index is 0.426. The zero-order chi connectivity index (χ0) is 28.6. The van der Waals surface area contributed by atoms with Crippen LogP contribution in [0.15, 0.2) is 42.5 Å². The summed E-state index contributed by atoms with van der Waals surface area (Å²) in [6, 6.07) is 16.1. The molecule has 2 atom stereocenters. The Morgan fingerprint density at radius 2 is 1.73 bits per heavy atom.